The van der Waals surface area contributed by atoms with Crippen molar-refractivity contribution >= 4 is 11.7 Å². The minimum absolute atomic E-state index is 0.0149. The summed E-state index contributed by atoms with van der Waals surface area (Å²) in [4.78, 5) is 25.1. The fourth-order valence-electron chi connectivity index (χ4n) is 3.70. The molecule has 0 saturated heterocycles. The SMILES string of the molecule is CN1OC(C)(CC(=O)N2CCc3ccccc3C2)N=C1c1ccccc1F. The van der Waals surface area contributed by atoms with Gasteiger partial charge in [-0.05, 0) is 36.6 Å². The first kappa shape index (κ1) is 17.7. The van der Waals surface area contributed by atoms with E-state index in [1.54, 1.807) is 32.2 Å². The second-order valence-electron chi connectivity index (χ2n) is 7.19. The predicted molar refractivity (Wildman–Crippen MR) is 100 cm³/mol. The Morgan fingerprint density at radius 1 is 1.19 bits per heavy atom. The van der Waals surface area contributed by atoms with Crippen molar-refractivity contribution in [1.29, 1.82) is 0 Å². The van der Waals surface area contributed by atoms with Gasteiger partial charge in [0.05, 0.1) is 12.0 Å². The summed E-state index contributed by atoms with van der Waals surface area (Å²) in [6.07, 6.45) is 0.959. The van der Waals surface area contributed by atoms with Crippen molar-refractivity contribution in [3.8, 4) is 0 Å². The monoisotopic (exact) mass is 367 g/mol. The second-order valence-corrected chi connectivity index (χ2v) is 7.19. The summed E-state index contributed by atoms with van der Waals surface area (Å²) in [7, 11) is 1.68. The third-order valence-electron chi connectivity index (χ3n) is 5.05. The van der Waals surface area contributed by atoms with Gasteiger partial charge in [0.25, 0.3) is 0 Å². The molecule has 2 aliphatic heterocycles. The van der Waals surface area contributed by atoms with Gasteiger partial charge in [-0.15, -0.1) is 0 Å². The van der Waals surface area contributed by atoms with Crippen molar-refractivity contribution in [3.63, 3.8) is 0 Å². The number of carbonyl (C=O) groups is 1. The number of aliphatic imine (C=N–C) groups is 1. The van der Waals surface area contributed by atoms with E-state index in [0.29, 0.717) is 24.5 Å². The molecule has 0 saturated carbocycles. The van der Waals surface area contributed by atoms with E-state index in [4.69, 9.17) is 4.84 Å². The largest absolute Gasteiger partial charge is 0.338 e. The van der Waals surface area contributed by atoms with Crippen molar-refractivity contribution in [2.24, 2.45) is 4.99 Å². The zero-order chi connectivity index (χ0) is 19.0. The fourth-order valence-corrected chi connectivity index (χ4v) is 3.70. The molecular formula is C21H22FN3O2. The van der Waals surface area contributed by atoms with E-state index in [2.05, 4.69) is 17.1 Å². The number of hydrogen-bond acceptors (Lipinski definition) is 4. The number of rotatable bonds is 3. The lowest BCUT2D eigenvalue weighted by molar-refractivity contribution is -0.170. The average molecular weight is 367 g/mol. The zero-order valence-electron chi connectivity index (χ0n) is 15.5. The Bertz CT molecular complexity index is 914. The maximum atomic E-state index is 14.1. The molecule has 1 atom stereocenters. The molecule has 2 heterocycles. The number of hydrogen-bond donors (Lipinski definition) is 0. The van der Waals surface area contributed by atoms with E-state index in [1.807, 2.05) is 17.0 Å². The molecule has 0 fully saturated rings. The molecule has 1 amide bonds. The molecule has 0 radical (unpaired) electrons. The number of fused-ring (bicyclic) bond motifs is 1. The lowest BCUT2D eigenvalue weighted by atomic mass is 9.99. The highest BCUT2D eigenvalue weighted by atomic mass is 19.1. The van der Waals surface area contributed by atoms with Crippen LogP contribution in [0.25, 0.3) is 0 Å². The van der Waals surface area contributed by atoms with Crippen LogP contribution in [-0.2, 0) is 22.6 Å². The van der Waals surface area contributed by atoms with Crippen molar-refractivity contribution in [1.82, 2.24) is 9.96 Å². The van der Waals surface area contributed by atoms with Gasteiger partial charge in [-0.25, -0.2) is 19.3 Å². The Labute approximate surface area is 158 Å². The molecule has 2 aromatic carbocycles. The van der Waals surface area contributed by atoms with Gasteiger partial charge in [-0.1, -0.05) is 36.4 Å². The Morgan fingerprint density at radius 2 is 1.89 bits per heavy atom. The maximum Gasteiger partial charge on any atom is 0.227 e. The second kappa shape index (κ2) is 6.78. The maximum absolute atomic E-state index is 14.1. The van der Waals surface area contributed by atoms with Crippen molar-refractivity contribution in [2.45, 2.75) is 32.0 Å². The lowest BCUT2D eigenvalue weighted by Crippen LogP contribution is -2.40. The van der Waals surface area contributed by atoms with Gasteiger partial charge in [-0.2, -0.15) is 0 Å². The van der Waals surface area contributed by atoms with E-state index < -0.39 is 5.72 Å². The van der Waals surface area contributed by atoms with Crippen LogP contribution in [-0.4, -0.2) is 41.0 Å². The molecule has 4 rings (SSSR count). The first-order valence-electron chi connectivity index (χ1n) is 9.07. The quantitative estimate of drug-likeness (QED) is 0.837. The van der Waals surface area contributed by atoms with E-state index in [0.717, 1.165) is 6.42 Å². The number of hydroxylamine groups is 2. The number of nitrogens with zero attached hydrogens (tertiary/aromatic N) is 3. The van der Waals surface area contributed by atoms with Crippen molar-refractivity contribution < 1.29 is 14.0 Å². The molecule has 2 aromatic rings. The minimum atomic E-state index is -1.04. The van der Waals surface area contributed by atoms with Gasteiger partial charge in [0, 0.05) is 20.1 Å². The molecule has 2 aliphatic rings. The van der Waals surface area contributed by atoms with Crippen LogP contribution in [0.5, 0.6) is 0 Å². The first-order valence-corrected chi connectivity index (χ1v) is 9.07. The number of carbonyl (C=O) groups excluding carboxylic acids is 1. The van der Waals surface area contributed by atoms with E-state index >= 15 is 0 Å². The normalized spacial score (nSPS) is 21.8. The Morgan fingerprint density at radius 3 is 2.67 bits per heavy atom. The summed E-state index contributed by atoms with van der Waals surface area (Å²) in [5.41, 5.74) is 1.80. The smallest absolute Gasteiger partial charge is 0.227 e. The molecule has 0 bridgehead atoms. The van der Waals surface area contributed by atoms with Crippen LogP contribution in [0.15, 0.2) is 53.5 Å². The van der Waals surface area contributed by atoms with Gasteiger partial charge in [0.1, 0.15) is 5.82 Å². The van der Waals surface area contributed by atoms with Gasteiger partial charge in [0.2, 0.25) is 5.91 Å². The molecule has 0 aromatic heterocycles. The molecule has 5 nitrogen and oxygen atoms in total. The molecule has 0 spiro atoms. The number of amides is 1. The fraction of sp³-hybridized carbons (Fsp3) is 0.333. The molecule has 0 N–H and O–H groups in total. The molecule has 27 heavy (non-hydrogen) atoms. The summed E-state index contributed by atoms with van der Waals surface area (Å²) in [6, 6.07) is 14.6. The standard InChI is InChI=1S/C21H22FN3O2/c1-21(23-20(24(2)27-21)17-9-5-6-10-18(17)22)13-19(26)25-12-11-15-7-3-4-8-16(15)14-25/h3-10H,11-14H2,1-2H3. The van der Waals surface area contributed by atoms with E-state index in [-0.39, 0.29) is 18.1 Å². The molecule has 6 heteroatoms. The first-order chi connectivity index (χ1) is 13.0. The van der Waals surface area contributed by atoms with Gasteiger partial charge in [0.15, 0.2) is 11.6 Å². The molecule has 0 aliphatic carbocycles. The molecule has 140 valence electrons. The highest BCUT2D eigenvalue weighted by Gasteiger charge is 2.39. The summed E-state index contributed by atoms with van der Waals surface area (Å²) in [5.74, 6) is 0.0150. The summed E-state index contributed by atoms with van der Waals surface area (Å²) in [5, 5.41) is 1.44. The summed E-state index contributed by atoms with van der Waals surface area (Å²) >= 11 is 0. The third kappa shape index (κ3) is 3.45. The van der Waals surface area contributed by atoms with Crippen LogP contribution in [0.1, 0.15) is 30.0 Å². The summed E-state index contributed by atoms with van der Waals surface area (Å²) in [6.45, 7) is 3.05. The van der Waals surface area contributed by atoms with E-state index in [1.165, 1.54) is 22.3 Å². The highest BCUT2D eigenvalue weighted by Crippen LogP contribution is 2.30. The van der Waals surface area contributed by atoms with Crippen LogP contribution in [0.2, 0.25) is 0 Å². The number of benzene rings is 2. The number of amidine groups is 1. The van der Waals surface area contributed by atoms with Crippen molar-refractivity contribution in [2.75, 3.05) is 13.6 Å². The van der Waals surface area contributed by atoms with Crippen LogP contribution in [0.4, 0.5) is 4.39 Å². The Kier molecular flexibility index (Phi) is 4.44. The highest BCUT2D eigenvalue weighted by molar-refractivity contribution is 5.99. The van der Waals surface area contributed by atoms with Crippen molar-refractivity contribution in [3.05, 3.63) is 71.0 Å². The zero-order valence-corrected chi connectivity index (χ0v) is 15.5. The van der Waals surface area contributed by atoms with Crippen LogP contribution < -0.4 is 0 Å². The predicted octanol–water partition coefficient (Wildman–Crippen LogP) is 3.14. The Balaban J connectivity index is 1.51. The Hall–Kier alpha value is -2.73. The van der Waals surface area contributed by atoms with E-state index in [9.17, 15) is 9.18 Å². The van der Waals surface area contributed by atoms with Crippen LogP contribution >= 0.6 is 0 Å². The minimum Gasteiger partial charge on any atom is -0.338 e. The topological polar surface area (TPSA) is 45.1 Å². The lowest BCUT2D eigenvalue weighted by Gasteiger charge is -2.31. The van der Waals surface area contributed by atoms with Gasteiger partial charge >= 0.3 is 0 Å². The van der Waals surface area contributed by atoms with Crippen LogP contribution in [0, 0.1) is 5.82 Å². The molecular weight excluding hydrogens is 345 g/mol. The van der Waals surface area contributed by atoms with Gasteiger partial charge in [-0.3, -0.25) is 4.79 Å². The molecule has 1 unspecified atom stereocenters. The van der Waals surface area contributed by atoms with Gasteiger partial charge < -0.3 is 4.90 Å². The van der Waals surface area contributed by atoms with Crippen LogP contribution in [0.3, 0.4) is 0 Å². The summed E-state index contributed by atoms with van der Waals surface area (Å²) < 4.78 is 14.1. The average Bonchev–Trinajstić information content (AvgIpc) is 2.95. The number of halogens is 1. The third-order valence-corrected chi connectivity index (χ3v) is 5.05.